The molecular formula is C18H15N5O3. The Morgan fingerprint density at radius 3 is 2.92 bits per heavy atom. The second-order valence-electron chi connectivity index (χ2n) is 5.52. The number of nitrogens with one attached hydrogen (secondary N) is 2. The number of aromatic amines is 1. The van der Waals surface area contributed by atoms with Crippen LogP contribution in [-0.4, -0.2) is 26.3 Å². The number of hydrogen-bond acceptors (Lipinski definition) is 6. The average molecular weight is 349 g/mol. The predicted octanol–water partition coefficient (Wildman–Crippen LogP) is 3.04. The molecule has 3 aromatic heterocycles. The van der Waals surface area contributed by atoms with E-state index in [-0.39, 0.29) is 19.0 Å². The number of amides is 1. The lowest BCUT2D eigenvalue weighted by Crippen LogP contribution is -2.23. The minimum Gasteiger partial charge on any atom is -0.445 e. The van der Waals surface area contributed by atoms with Crippen molar-refractivity contribution in [2.45, 2.75) is 13.2 Å². The number of rotatable bonds is 5. The molecule has 0 aliphatic rings. The highest BCUT2D eigenvalue weighted by atomic mass is 16.5. The van der Waals surface area contributed by atoms with Crippen molar-refractivity contribution in [3.8, 4) is 11.5 Å². The first kappa shape index (κ1) is 15.8. The number of pyridine rings is 1. The largest absolute Gasteiger partial charge is 0.445 e. The van der Waals surface area contributed by atoms with Crippen LogP contribution in [0.3, 0.4) is 0 Å². The number of benzene rings is 1. The molecule has 0 spiro atoms. The lowest BCUT2D eigenvalue weighted by Gasteiger charge is -2.05. The van der Waals surface area contributed by atoms with Crippen LogP contribution in [0.2, 0.25) is 0 Å². The highest BCUT2D eigenvalue weighted by molar-refractivity contribution is 5.90. The Balaban J connectivity index is 1.36. The second-order valence-corrected chi connectivity index (χ2v) is 5.52. The normalized spacial score (nSPS) is 10.8. The van der Waals surface area contributed by atoms with Gasteiger partial charge in [0.05, 0.1) is 12.1 Å². The minimum absolute atomic E-state index is 0.0846. The Kier molecular flexibility index (Phi) is 4.29. The van der Waals surface area contributed by atoms with Crippen LogP contribution in [0.1, 0.15) is 11.5 Å². The maximum Gasteiger partial charge on any atom is 0.407 e. The monoisotopic (exact) mass is 349 g/mol. The number of H-pyrrole nitrogens is 1. The summed E-state index contributed by atoms with van der Waals surface area (Å²) in [5.74, 6) is 0.647. The number of alkyl carbamates (subject to hydrolysis) is 1. The maximum absolute atomic E-state index is 11.8. The van der Waals surface area contributed by atoms with Crippen molar-refractivity contribution in [1.82, 2.24) is 25.5 Å². The average Bonchev–Trinajstić information content (AvgIpc) is 3.32. The van der Waals surface area contributed by atoms with Crippen molar-refractivity contribution >= 4 is 17.1 Å². The Morgan fingerprint density at radius 1 is 1.15 bits per heavy atom. The van der Waals surface area contributed by atoms with Gasteiger partial charge in [-0.1, -0.05) is 30.3 Å². The van der Waals surface area contributed by atoms with Gasteiger partial charge in [0.15, 0.2) is 0 Å². The summed E-state index contributed by atoms with van der Waals surface area (Å²) in [5.41, 5.74) is 2.42. The third-order valence-electron chi connectivity index (χ3n) is 3.75. The molecule has 3 heterocycles. The lowest BCUT2D eigenvalue weighted by molar-refractivity contribution is 0.138. The molecule has 0 fully saturated rings. The summed E-state index contributed by atoms with van der Waals surface area (Å²) in [6.45, 7) is 0.283. The summed E-state index contributed by atoms with van der Waals surface area (Å²) in [4.78, 5) is 19.0. The first-order valence-electron chi connectivity index (χ1n) is 7.99. The van der Waals surface area contributed by atoms with Crippen LogP contribution in [0.25, 0.3) is 22.5 Å². The lowest BCUT2D eigenvalue weighted by atomic mass is 10.2. The number of aromatic nitrogens is 4. The molecule has 0 radical (unpaired) electrons. The third kappa shape index (κ3) is 3.39. The Morgan fingerprint density at radius 2 is 2.04 bits per heavy atom. The van der Waals surface area contributed by atoms with Gasteiger partial charge in [-0.05, 0) is 17.7 Å². The fourth-order valence-electron chi connectivity index (χ4n) is 2.49. The first-order chi connectivity index (χ1) is 12.8. The van der Waals surface area contributed by atoms with E-state index in [9.17, 15) is 4.79 Å². The van der Waals surface area contributed by atoms with Crippen LogP contribution in [-0.2, 0) is 17.9 Å². The molecule has 0 bridgehead atoms. The highest BCUT2D eigenvalue weighted by Crippen LogP contribution is 2.26. The highest BCUT2D eigenvalue weighted by Gasteiger charge is 2.14. The number of ether oxygens (including phenoxy) is 1. The second kappa shape index (κ2) is 7.06. The summed E-state index contributed by atoms with van der Waals surface area (Å²) >= 11 is 0. The Labute approximate surface area is 148 Å². The van der Waals surface area contributed by atoms with Gasteiger partial charge in [0.25, 0.3) is 0 Å². The van der Waals surface area contributed by atoms with Gasteiger partial charge in [0, 0.05) is 17.8 Å². The minimum atomic E-state index is -0.551. The van der Waals surface area contributed by atoms with Crippen LogP contribution in [0.15, 0.2) is 59.3 Å². The van der Waals surface area contributed by atoms with Crippen molar-refractivity contribution < 1.29 is 13.9 Å². The van der Waals surface area contributed by atoms with Gasteiger partial charge in [-0.25, -0.2) is 9.78 Å². The van der Waals surface area contributed by atoms with Crippen molar-refractivity contribution in [2.24, 2.45) is 0 Å². The molecule has 8 heteroatoms. The van der Waals surface area contributed by atoms with Crippen molar-refractivity contribution in [2.75, 3.05) is 0 Å². The fraction of sp³-hybridized carbons (Fsp3) is 0.111. The molecule has 0 aliphatic heterocycles. The van der Waals surface area contributed by atoms with Gasteiger partial charge < -0.3 is 19.5 Å². The number of carbonyl (C=O) groups excluding carboxylic acids is 1. The molecule has 2 N–H and O–H groups in total. The van der Waals surface area contributed by atoms with Crippen LogP contribution in [0.4, 0.5) is 4.79 Å². The quantitative estimate of drug-likeness (QED) is 0.574. The summed E-state index contributed by atoms with van der Waals surface area (Å²) in [6, 6.07) is 13.2. The number of carbonyl (C=O) groups is 1. The molecule has 4 aromatic rings. The van der Waals surface area contributed by atoms with Gasteiger partial charge in [-0.3, -0.25) is 0 Å². The molecule has 1 amide bonds. The standard InChI is InChI=1S/C18H15N5O3/c24-18(25-11-12-5-2-1-3-6-12)21-10-15-22-23-17(26-15)14-9-20-16-13(14)7-4-8-19-16/h1-9H,10-11H2,(H,19,20)(H,21,24). The molecule has 0 aliphatic carbocycles. The zero-order valence-electron chi connectivity index (χ0n) is 13.7. The van der Waals surface area contributed by atoms with Gasteiger partial charge >= 0.3 is 6.09 Å². The van der Waals surface area contributed by atoms with Crippen LogP contribution < -0.4 is 5.32 Å². The summed E-state index contributed by atoms with van der Waals surface area (Å²) in [7, 11) is 0. The van der Waals surface area contributed by atoms with Crippen molar-refractivity contribution in [3.05, 3.63) is 66.3 Å². The molecule has 26 heavy (non-hydrogen) atoms. The summed E-state index contributed by atoms with van der Waals surface area (Å²) < 4.78 is 10.7. The van der Waals surface area contributed by atoms with E-state index in [0.29, 0.717) is 5.89 Å². The van der Waals surface area contributed by atoms with Gasteiger partial charge in [-0.2, -0.15) is 0 Å². The Hall–Kier alpha value is -3.68. The molecule has 0 saturated heterocycles. The van der Waals surface area contributed by atoms with E-state index in [1.54, 1.807) is 12.4 Å². The molecule has 4 rings (SSSR count). The van der Waals surface area contributed by atoms with E-state index in [2.05, 4.69) is 25.5 Å². The van der Waals surface area contributed by atoms with Gasteiger partial charge in [-0.15, -0.1) is 10.2 Å². The number of hydrogen-bond donors (Lipinski definition) is 2. The van der Waals surface area contributed by atoms with Gasteiger partial charge in [0.2, 0.25) is 11.8 Å². The number of fused-ring (bicyclic) bond motifs is 1. The van der Waals surface area contributed by atoms with Crippen molar-refractivity contribution in [3.63, 3.8) is 0 Å². The SMILES string of the molecule is O=C(NCc1nnc(-c2c[nH]c3ncccc23)o1)OCc1ccccc1. The molecule has 0 atom stereocenters. The smallest absolute Gasteiger partial charge is 0.407 e. The van der Waals surface area contributed by atoms with Crippen molar-refractivity contribution in [1.29, 1.82) is 0 Å². The van der Waals surface area contributed by atoms with Crippen LogP contribution >= 0.6 is 0 Å². The van der Waals surface area contributed by atoms with E-state index in [0.717, 1.165) is 22.2 Å². The van der Waals surface area contributed by atoms with Gasteiger partial charge in [0.1, 0.15) is 12.3 Å². The third-order valence-corrected chi connectivity index (χ3v) is 3.75. The number of nitrogens with zero attached hydrogens (tertiary/aromatic N) is 3. The molecule has 1 aromatic carbocycles. The van der Waals surface area contributed by atoms with Crippen LogP contribution in [0.5, 0.6) is 0 Å². The summed E-state index contributed by atoms with van der Waals surface area (Å²) in [6.07, 6.45) is 2.91. The first-order valence-corrected chi connectivity index (χ1v) is 7.99. The Bertz CT molecular complexity index is 1030. The summed E-state index contributed by atoms with van der Waals surface area (Å²) in [5, 5.41) is 11.4. The molecule has 8 nitrogen and oxygen atoms in total. The van der Waals surface area contributed by atoms with E-state index < -0.39 is 6.09 Å². The molecule has 130 valence electrons. The zero-order chi connectivity index (χ0) is 17.8. The predicted molar refractivity (Wildman–Crippen MR) is 92.9 cm³/mol. The molecular weight excluding hydrogens is 334 g/mol. The molecule has 0 saturated carbocycles. The molecule has 0 unspecified atom stereocenters. The van der Waals surface area contributed by atoms with E-state index in [1.165, 1.54) is 0 Å². The van der Waals surface area contributed by atoms with E-state index >= 15 is 0 Å². The fourth-order valence-corrected chi connectivity index (χ4v) is 2.49. The zero-order valence-corrected chi connectivity index (χ0v) is 13.7. The van der Waals surface area contributed by atoms with E-state index in [1.807, 2.05) is 42.5 Å². The topological polar surface area (TPSA) is 106 Å². The van der Waals surface area contributed by atoms with E-state index in [4.69, 9.17) is 9.15 Å². The maximum atomic E-state index is 11.8. The van der Waals surface area contributed by atoms with Crippen LogP contribution in [0, 0.1) is 0 Å².